The van der Waals surface area contributed by atoms with Gasteiger partial charge in [0.1, 0.15) is 5.75 Å². The van der Waals surface area contributed by atoms with Crippen molar-refractivity contribution in [3.63, 3.8) is 0 Å². The number of nitrogens with zero attached hydrogens (tertiary/aromatic N) is 2. The Balaban J connectivity index is 1.48. The molecule has 1 aliphatic heterocycles. The fraction of sp³-hybridized carbons (Fsp3) is 0.259. The first-order chi connectivity index (χ1) is 18.1. The van der Waals surface area contributed by atoms with Gasteiger partial charge in [0.2, 0.25) is 15.9 Å². The maximum atomic E-state index is 13.5. The van der Waals surface area contributed by atoms with Gasteiger partial charge in [0.05, 0.1) is 35.1 Å². The number of hydrogen-bond donors (Lipinski definition) is 1. The molecule has 0 radical (unpaired) electrons. The molecule has 1 atom stereocenters. The van der Waals surface area contributed by atoms with Crippen molar-refractivity contribution in [2.45, 2.75) is 19.1 Å². The summed E-state index contributed by atoms with van der Waals surface area (Å²) in [6, 6.07) is 21.4. The lowest BCUT2D eigenvalue weighted by Crippen LogP contribution is -2.53. The SMILES string of the molecule is CS(=O)(=O)N(CC(=O)N1C[C@H](C(=O)NCCc2ccccc2)Oc2ccccc21)Cc1ccc(Cl)c(Cl)c1. The van der Waals surface area contributed by atoms with Gasteiger partial charge in [-0.1, -0.05) is 71.7 Å². The summed E-state index contributed by atoms with van der Waals surface area (Å²) in [7, 11) is -3.77. The number of sulfonamides is 1. The van der Waals surface area contributed by atoms with Gasteiger partial charge < -0.3 is 15.0 Å². The highest BCUT2D eigenvalue weighted by Crippen LogP contribution is 2.33. The third-order valence-electron chi connectivity index (χ3n) is 6.05. The third kappa shape index (κ3) is 7.05. The monoisotopic (exact) mass is 575 g/mol. The van der Waals surface area contributed by atoms with Gasteiger partial charge in [-0.15, -0.1) is 0 Å². The molecule has 0 spiro atoms. The number of halogens is 2. The van der Waals surface area contributed by atoms with Crippen molar-refractivity contribution in [2.75, 3.05) is 30.8 Å². The molecule has 2 amide bonds. The Labute approximate surface area is 232 Å². The van der Waals surface area contributed by atoms with E-state index in [0.29, 0.717) is 35.0 Å². The third-order valence-corrected chi connectivity index (χ3v) is 7.98. The largest absolute Gasteiger partial charge is 0.477 e. The molecule has 3 aromatic rings. The number of hydrogen-bond acceptors (Lipinski definition) is 5. The maximum Gasteiger partial charge on any atom is 0.262 e. The summed E-state index contributed by atoms with van der Waals surface area (Å²) in [5.41, 5.74) is 2.13. The van der Waals surface area contributed by atoms with Gasteiger partial charge in [-0.25, -0.2) is 8.42 Å². The first-order valence-electron chi connectivity index (χ1n) is 11.9. The molecule has 200 valence electrons. The molecule has 0 saturated heterocycles. The number of carbonyl (C=O) groups is 2. The highest BCUT2D eigenvalue weighted by Gasteiger charge is 2.35. The van der Waals surface area contributed by atoms with Crippen molar-refractivity contribution in [1.82, 2.24) is 9.62 Å². The van der Waals surface area contributed by atoms with Crippen molar-refractivity contribution in [1.29, 1.82) is 0 Å². The van der Waals surface area contributed by atoms with E-state index in [2.05, 4.69) is 5.32 Å². The van der Waals surface area contributed by atoms with Crippen LogP contribution in [0.2, 0.25) is 10.0 Å². The van der Waals surface area contributed by atoms with Gasteiger partial charge in [-0.3, -0.25) is 9.59 Å². The second kappa shape index (κ2) is 12.2. The van der Waals surface area contributed by atoms with Crippen LogP contribution >= 0.6 is 23.2 Å². The molecule has 38 heavy (non-hydrogen) atoms. The minimum Gasteiger partial charge on any atom is -0.477 e. The number of anilines is 1. The molecule has 1 heterocycles. The van der Waals surface area contributed by atoms with Gasteiger partial charge in [-0.05, 0) is 41.8 Å². The van der Waals surface area contributed by atoms with Crippen molar-refractivity contribution in [2.24, 2.45) is 0 Å². The van der Waals surface area contributed by atoms with Crippen LogP contribution in [-0.2, 0) is 32.6 Å². The molecule has 0 saturated carbocycles. The average Bonchev–Trinajstić information content (AvgIpc) is 2.89. The first-order valence-corrected chi connectivity index (χ1v) is 14.5. The van der Waals surface area contributed by atoms with E-state index in [1.165, 1.54) is 4.90 Å². The van der Waals surface area contributed by atoms with Crippen molar-refractivity contribution < 1.29 is 22.7 Å². The number of nitrogens with one attached hydrogen (secondary N) is 1. The predicted octanol–water partition coefficient (Wildman–Crippen LogP) is 3.91. The quantitative estimate of drug-likeness (QED) is 0.417. The van der Waals surface area contributed by atoms with E-state index in [9.17, 15) is 18.0 Å². The fourth-order valence-electron chi connectivity index (χ4n) is 4.06. The van der Waals surface area contributed by atoms with E-state index in [0.717, 1.165) is 16.1 Å². The number of rotatable bonds is 9. The maximum absolute atomic E-state index is 13.5. The Morgan fingerprint density at radius 1 is 1.00 bits per heavy atom. The second-order valence-electron chi connectivity index (χ2n) is 8.88. The van der Waals surface area contributed by atoms with E-state index >= 15 is 0 Å². The summed E-state index contributed by atoms with van der Waals surface area (Å²) in [4.78, 5) is 27.8. The number of fused-ring (bicyclic) bond motifs is 1. The Morgan fingerprint density at radius 3 is 2.42 bits per heavy atom. The molecule has 11 heteroatoms. The zero-order valence-electron chi connectivity index (χ0n) is 20.6. The summed E-state index contributed by atoms with van der Waals surface area (Å²) in [6.07, 6.45) is 0.733. The fourth-order valence-corrected chi connectivity index (χ4v) is 5.11. The smallest absolute Gasteiger partial charge is 0.262 e. The number of benzene rings is 3. The van der Waals surface area contributed by atoms with Crippen LogP contribution < -0.4 is 15.0 Å². The number of amides is 2. The normalized spacial score (nSPS) is 15.1. The lowest BCUT2D eigenvalue weighted by atomic mass is 10.1. The van der Waals surface area contributed by atoms with E-state index in [4.69, 9.17) is 27.9 Å². The van der Waals surface area contributed by atoms with Crippen LogP contribution in [0, 0.1) is 0 Å². The first kappa shape index (κ1) is 27.9. The van der Waals surface area contributed by atoms with Gasteiger partial charge in [0, 0.05) is 13.1 Å². The second-order valence-corrected chi connectivity index (χ2v) is 11.7. The summed E-state index contributed by atoms with van der Waals surface area (Å²) in [6.45, 7) is -0.159. The molecular weight excluding hydrogens is 549 g/mol. The standard InChI is InChI=1S/C27H27Cl2N3O5S/c1-38(35,36)31(16-20-11-12-21(28)22(29)15-20)18-26(33)32-17-25(37-24-10-6-5-9-23(24)32)27(34)30-14-13-19-7-3-2-4-8-19/h2-12,15,25H,13-14,16-18H2,1H3,(H,30,34)/t25-/m1/s1. The number of carbonyl (C=O) groups excluding carboxylic acids is 2. The van der Waals surface area contributed by atoms with Crippen LogP contribution in [0.1, 0.15) is 11.1 Å². The minimum atomic E-state index is -3.77. The van der Waals surface area contributed by atoms with E-state index in [1.807, 2.05) is 30.3 Å². The average molecular weight is 577 g/mol. The Hall–Kier alpha value is -3.11. The van der Waals surface area contributed by atoms with Crippen LogP contribution in [-0.4, -0.2) is 56.5 Å². The van der Waals surface area contributed by atoms with Crippen molar-refractivity contribution >= 4 is 50.7 Å². The summed E-state index contributed by atoms with van der Waals surface area (Å²) < 4.78 is 32.1. The van der Waals surface area contributed by atoms with Crippen LogP contribution in [0.5, 0.6) is 5.75 Å². The number of para-hydroxylation sites is 2. The van der Waals surface area contributed by atoms with Crippen molar-refractivity contribution in [3.8, 4) is 5.75 Å². The molecule has 1 aliphatic rings. The molecule has 0 fully saturated rings. The Bertz CT molecular complexity index is 1420. The van der Waals surface area contributed by atoms with E-state index < -0.39 is 28.6 Å². The lowest BCUT2D eigenvalue weighted by molar-refractivity contribution is -0.128. The van der Waals surface area contributed by atoms with Crippen LogP contribution in [0.15, 0.2) is 72.8 Å². The predicted molar refractivity (Wildman–Crippen MR) is 148 cm³/mol. The molecule has 4 rings (SSSR count). The zero-order valence-corrected chi connectivity index (χ0v) is 23.0. The molecule has 1 N–H and O–H groups in total. The Kier molecular flexibility index (Phi) is 8.94. The highest BCUT2D eigenvalue weighted by molar-refractivity contribution is 7.88. The molecule has 3 aromatic carbocycles. The van der Waals surface area contributed by atoms with E-state index in [-0.39, 0.29) is 24.0 Å². The molecule has 0 unspecified atom stereocenters. The Morgan fingerprint density at radius 2 is 1.71 bits per heavy atom. The number of ether oxygens (including phenoxy) is 1. The molecule has 8 nitrogen and oxygen atoms in total. The summed E-state index contributed by atoms with van der Waals surface area (Å²) >= 11 is 12.1. The topological polar surface area (TPSA) is 96.0 Å². The molecule has 0 bridgehead atoms. The van der Waals surface area contributed by atoms with Crippen LogP contribution in [0.25, 0.3) is 0 Å². The van der Waals surface area contributed by atoms with Gasteiger partial charge in [0.25, 0.3) is 5.91 Å². The van der Waals surface area contributed by atoms with E-state index in [1.54, 1.807) is 42.5 Å². The van der Waals surface area contributed by atoms with Crippen molar-refractivity contribution in [3.05, 3.63) is 94.0 Å². The minimum absolute atomic E-state index is 0.0581. The highest BCUT2D eigenvalue weighted by atomic mass is 35.5. The van der Waals surface area contributed by atoms with Gasteiger partial charge in [-0.2, -0.15) is 4.31 Å². The van der Waals surface area contributed by atoms with Gasteiger partial charge in [0.15, 0.2) is 6.10 Å². The van der Waals surface area contributed by atoms with Crippen LogP contribution in [0.4, 0.5) is 5.69 Å². The lowest BCUT2D eigenvalue weighted by Gasteiger charge is -2.35. The van der Waals surface area contributed by atoms with Gasteiger partial charge >= 0.3 is 0 Å². The summed E-state index contributed by atoms with van der Waals surface area (Å²) in [5, 5.41) is 3.49. The zero-order chi connectivity index (χ0) is 27.3. The van der Waals surface area contributed by atoms with Crippen LogP contribution in [0.3, 0.4) is 0 Å². The molecule has 0 aliphatic carbocycles. The molecular formula is C27H27Cl2N3O5S. The summed E-state index contributed by atoms with van der Waals surface area (Å²) in [5.74, 6) is -0.483. The molecule has 0 aromatic heterocycles.